The summed E-state index contributed by atoms with van der Waals surface area (Å²) in [5.74, 6) is -8.98. The third kappa shape index (κ3) is 3.01. The maximum Gasteiger partial charge on any atom is 0.333 e. The van der Waals surface area contributed by atoms with Crippen molar-refractivity contribution < 1.29 is 27.1 Å². The molecule has 0 aromatic heterocycles. The average Bonchev–Trinajstić information content (AvgIpc) is 2.35. The fourth-order valence-electron chi connectivity index (χ4n) is 2.64. The molecule has 0 heterocycles. The van der Waals surface area contributed by atoms with Crippen LogP contribution in [0.4, 0.5) is 17.6 Å². The first kappa shape index (κ1) is 19.0. The number of esters is 1. The lowest BCUT2D eigenvalue weighted by molar-refractivity contribution is -0.280. The molecule has 1 fully saturated rings. The Balaban J connectivity index is 3.15. The number of rotatable bonds is 4. The zero-order chi connectivity index (χ0) is 17.6. The third-order valence-corrected chi connectivity index (χ3v) is 5.07. The summed E-state index contributed by atoms with van der Waals surface area (Å²) in [5, 5.41) is 0. The molecule has 1 aliphatic rings. The molecular weight excluding hydrogens is 300 g/mol. The molecule has 6 heteroatoms. The van der Waals surface area contributed by atoms with Crippen LogP contribution < -0.4 is 0 Å². The molecule has 22 heavy (non-hydrogen) atoms. The Morgan fingerprint density at radius 1 is 1.23 bits per heavy atom. The van der Waals surface area contributed by atoms with Crippen molar-refractivity contribution in [3.8, 4) is 0 Å². The van der Waals surface area contributed by atoms with Crippen molar-refractivity contribution in [1.82, 2.24) is 0 Å². The van der Waals surface area contributed by atoms with E-state index in [2.05, 4.69) is 6.58 Å². The molecular formula is C16H24F4O2. The molecule has 1 atom stereocenters. The van der Waals surface area contributed by atoms with E-state index in [-0.39, 0.29) is 12.0 Å². The second kappa shape index (κ2) is 5.53. The lowest BCUT2D eigenvalue weighted by Gasteiger charge is -2.51. The Hall–Kier alpha value is -1.07. The normalized spacial score (nSPS) is 26.0. The predicted molar refractivity (Wildman–Crippen MR) is 76.0 cm³/mol. The molecule has 1 rings (SSSR count). The highest BCUT2D eigenvalue weighted by molar-refractivity contribution is 5.87. The average molecular weight is 324 g/mol. The highest BCUT2D eigenvalue weighted by Crippen LogP contribution is 2.59. The van der Waals surface area contributed by atoms with E-state index in [1.54, 1.807) is 6.92 Å². The van der Waals surface area contributed by atoms with Gasteiger partial charge in [0.05, 0.1) is 5.41 Å². The number of hydrogen-bond acceptors (Lipinski definition) is 2. The van der Waals surface area contributed by atoms with E-state index >= 15 is 0 Å². The second-order valence-electron chi connectivity index (χ2n) is 6.98. The van der Waals surface area contributed by atoms with Crippen LogP contribution in [0.5, 0.6) is 0 Å². The van der Waals surface area contributed by atoms with Gasteiger partial charge in [-0.25, -0.2) is 22.4 Å². The van der Waals surface area contributed by atoms with E-state index in [0.717, 1.165) is 13.8 Å². The van der Waals surface area contributed by atoms with E-state index < -0.39 is 47.6 Å². The number of carbonyl (C=O) groups excluding carboxylic acids is 1. The lowest BCUT2D eigenvalue weighted by atomic mass is 9.63. The Morgan fingerprint density at radius 2 is 1.64 bits per heavy atom. The van der Waals surface area contributed by atoms with Gasteiger partial charge >= 0.3 is 5.97 Å². The number of ether oxygens (including phenoxy) is 1. The summed E-state index contributed by atoms with van der Waals surface area (Å²) in [5.41, 5.74) is -3.70. The van der Waals surface area contributed by atoms with Gasteiger partial charge in [0.1, 0.15) is 5.60 Å². The summed E-state index contributed by atoms with van der Waals surface area (Å²) in [4.78, 5) is 11.7. The molecule has 128 valence electrons. The third-order valence-electron chi connectivity index (χ3n) is 5.07. The van der Waals surface area contributed by atoms with Crippen LogP contribution in [0.1, 0.15) is 53.9 Å². The van der Waals surface area contributed by atoms with Crippen molar-refractivity contribution >= 4 is 5.97 Å². The summed E-state index contributed by atoms with van der Waals surface area (Å²) in [6.07, 6.45) is -1.30. The van der Waals surface area contributed by atoms with Crippen molar-refractivity contribution in [2.24, 2.45) is 11.3 Å². The number of hydrogen-bond donors (Lipinski definition) is 0. The van der Waals surface area contributed by atoms with E-state index in [1.165, 1.54) is 13.8 Å². The quantitative estimate of drug-likeness (QED) is 0.414. The maximum absolute atomic E-state index is 14.3. The number of carbonyl (C=O) groups is 1. The van der Waals surface area contributed by atoms with Crippen LogP contribution in [0.25, 0.3) is 0 Å². The molecule has 0 saturated heterocycles. The van der Waals surface area contributed by atoms with Crippen LogP contribution in [0.15, 0.2) is 12.2 Å². The minimum atomic E-state index is -3.55. The van der Waals surface area contributed by atoms with Crippen molar-refractivity contribution in [1.29, 1.82) is 0 Å². The zero-order valence-electron chi connectivity index (χ0n) is 13.7. The van der Waals surface area contributed by atoms with E-state index in [1.807, 2.05) is 0 Å². The van der Waals surface area contributed by atoms with Gasteiger partial charge in [-0.1, -0.05) is 13.5 Å². The molecule has 1 saturated carbocycles. The molecule has 0 radical (unpaired) electrons. The van der Waals surface area contributed by atoms with Gasteiger partial charge in [0.2, 0.25) is 0 Å². The first-order valence-electron chi connectivity index (χ1n) is 7.34. The molecule has 0 aromatic rings. The van der Waals surface area contributed by atoms with E-state index in [4.69, 9.17) is 4.74 Å². The monoisotopic (exact) mass is 324 g/mol. The van der Waals surface area contributed by atoms with Crippen LogP contribution in [0, 0.1) is 11.3 Å². The van der Waals surface area contributed by atoms with Crippen LogP contribution >= 0.6 is 0 Å². The Kier molecular flexibility index (Phi) is 4.77. The van der Waals surface area contributed by atoms with Gasteiger partial charge < -0.3 is 4.74 Å². The largest absolute Gasteiger partial charge is 0.456 e. The lowest BCUT2D eigenvalue weighted by Crippen LogP contribution is -2.59. The SMILES string of the molecule is C=C(C)C(=O)OC(C)(CC)C1CC(F)(F)C(C)(C)C(F)(F)C1. The van der Waals surface area contributed by atoms with E-state index in [0.29, 0.717) is 0 Å². The Bertz CT molecular complexity index is 451. The minimum absolute atomic E-state index is 0.106. The van der Waals surface area contributed by atoms with E-state index in [9.17, 15) is 22.4 Å². The zero-order valence-corrected chi connectivity index (χ0v) is 13.7. The highest BCUT2D eigenvalue weighted by Gasteiger charge is 2.68. The van der Waals surface area contributed by atoms with Crippen LogP contribution in [-0.2, 0) is 9.53 Å². The molecule has 1 aliphatic carbocycles. The fourth-order valence-corrected chi connectivity index (χ4v) is 2.64. The van der Waals surface area contributed by atoms with Crippen molar-refractivity contribution in [3.63, 3.8) is 0 Å². The Morgan fingerprint density at radius 3 is 1.95 bits per heavy atom. The van der Waals surface area contributed by atoms with Gasteiger partial charge in [-0.15, -0.1) is 0 Å². The highest BCUT2D eigenvalue weighted by atomic mass is 19.3. The molecule has 0 spiro atoms. The first-order chi connectivity index (χ1) is 9.70. The summed E-state index contributed by atoms with van der Waals surface area (Å²) < 4.78 is 62.2. The fraction of sp³-hybridized carbons (Fsp3) is 0.812. The summed E-state index contributed by atoms with van der Waals surface area (Å²) in [6.45, 7) is 9.67. The molecule has 0 aliphatic heterocycles. The van der Waals surface area contributed by atoms with Gasteiger partial charge in [-0.3, -0.25) is 0 Å². The maximum atomic E-state index is 14.3. The van der Waals surface area contributed by atoms with Crippen molar-refractivity contribution in [2.45, 2.75) is 71.3 Å². The summed E-state index contributed by atoms with van der Waals surface area (Å²) in [7, 11) is 0. The smallest absolute Gasteiger partial charge is 0.333 e. The Labute approximate surface area is 128 Å². The van der Waals surface area contributed by atoms with Gasteiger partial charge in [0.15, 0.2) is 0 Å². The molecule has 0 N–H and O–H groups in total. The topological polar surface area (TPSA) is 26.3 Å². The van der Waals surface area contributed by atoms with Crippen LogP contribution in [-0.4, -0.2) is 23.4 Å². The van der Waals surface area contributed by atoms with Crippen molar-refractivity contribution in [2.75, 3.05) is 0 Å². The van der Waals surface area contributed by atoms with Gasteiger partial charge in [0.25, 0.3) is 11.8 Å². The second-order valence-corrected chi connectivity index (χ2v) is 6.98. The molecule has 1 unspecified atom stereocenters. The summed E-state index contributed by atoms with van der Waals surface area (Å²) >= 11 is 0. The summed E-state index contributed by atoms with van der Waals surface area (Å²) in [6, 6.07) is 0. The number of halogens is 4. The molecule has 0 aromatic carbocycles. The minimum Gasteiger partial charge on any atom is -0.456 e. The standard InChI is InChI=1S/C16H24F4O2/c1-7-14(6,22-12(21)10(2)3)11-8-15(17,18)13(4,5)16(19,20)9-11/h11H,2,7-9H2,1,3-6H3. The predicted octanol–water partition coefficient (Wildman–Crippen LogP) is 4.98. The van der Waals surface area contributed by atoms with Gasteiger partial charge in [-0.2, -0.15) is 0 Å². The number of alkyl halides is 4. The van der Waals surface area contributed by atoms with Gasteiger partial charge in [-0.05, 0) is 34.1 Å². The molecule has 2 nitrogen and oxygen atoms in total. The van der Waals surface area contributed by atoms with Crippen molar-refractivity contribution in [3.05, 3.63) is 12.2 Å². The van der Waals surface area contributed by atoms with Crippen LogP contribution in [0.3, 0.4) is 0 Å². The molecule has 0 amide bonds. The van der Waals surface area contributed by atoms with Crippen LogP contribution in [0.2, 0.25) is 0 Å². The van der Waals surface area contributed by atoms with Gasteiger partial charge in [0, 0.05) is 24.3 Å². The first-order valence-corrected chi connectivity index (χ1v) is 7.34. The molecule has 0 bridgehead atoms.